The van der Waals surface area contributed by atoms with E-state index in [0.29, 0.717) is 6.54 Å². The number of hydrogen-bond acceptors (Lipinski definition) is 3. The van der Waals surface area contributed by atoms with Crippen LogP contribution < -0.4 is 16.0 Å². The lowest BCUT2D eigenvalue weighted by molar-refractivity contribution is -0.115. The summed E-state index contributed by atoms with van der Waals surface area (Å²) in [5.41, 5.74) is 1.92. The van der Waals surface area contributed by atoms with Gasteiger partial charge in [0.05, 0.1) is 12.2 Å². The maximum atomic E-state index is 12.1. The van der Waals surface area contributed by atoms with Crippen molar-refractivity contribution in [3.63, 3.8) is 0 Å². The van der Waals surface area contributed by atoms with Gasteiger partial charge < -0.3 is 16.0 Å². The van der Waals surface area contributed by atoms with Gasteiger partial charge in [-0.2, -0.15) is 0 Å². The van der Waals surface area contributed by atoms with Crippen molar-refractivity contribution in [2.45, 2.75) is 25.8 Å². The fourth-order valence-corrected chi connectivity index (χ4v) is 3.88. The molecule has 1 heterocycles. The molecule has 1 fully saturated rings. The second-order valence-electron chi connectivity index (χ2n) is 5.49. The zero-order valence-electron chi connectivity index (χ0n) is 11.6. The van der Waals surface area contributed by atoms with E-state index in [9.17, 15) is 4.79 Å². The highest BCUT2D eigenvalue weighted by atomic mass is 79.9. The van der Waals surface area contributed by atoms with Gasteiger partial charge in [0.15, 0.2) is 0 Å². The Labute approximate surface area is 136 Å². The predicted octanol–water partition coefficient (Wildman–Crippen LogP) is 2.80. The van der Waals surface area contributed by atoms with Crippen molar-refractivity contribution in [1.29, 1.82) is 0 Å². The average molecular weight is 405 g/mol. The fraction of sp³-hybridized carbons (Fsp3) is 0.500. The molecule has 1 aromatic rings. The lowest BCUT2D eigenvalue weighted by Crippen LogP contribution is -2.47. The summed E-state index contributed by atoms with van der Waals surface area (Å²) in [4.78, 5) is 12.1. The van der Waals surface area contributed by atoms with Crippen molar-refractivity contribution >= 4 is 43.5 Å². The van der Waals surface area contributed by atoms with Crippen LogP contribution in [0.5, 0.6) is 0 Å². The number of amides is 1. The first-order valence-electron chi connectivity index (χ1n) is 6.61. The van der Waals surface area contributed by atoms with Crippen LogP contribution in [0.25, 0.3) is 0 Å². The van der Waals surface area contributed by atoms with Crippen molar-refractivity contribution in [2.24, 2.45) is 0 Å². The van der Waals surface area contributed by atoms with Gasteiger partial charge in [0.1, 0.15) is 0 Å². The molecule has 0 radical (unpaired) electrons. The van der Waals surface area contributed by atoms with Crippen molar-refractivity contribution in [3.8, 4) is 0 Å². The molecule has 3 N–H and O–H groups in total. The molecule has 0 aromatic heterocycles. The van der Waals surface area contributed by atoms with E-state index in [1.54, 1.807) is 0 Å². The third-order valence-corrected chi connectivity index (χ3v) is 4.75. The highest BCUT2D eigenvalue weighted by molar-refractivity contribution is 9.11. The van der Waals surface area contributed by atoms with Gasteiger partial charge >= 0.3 is 0 Å². The standard InChI is InChI=1S/C14H19Br2N3O/c1-9-5-10(15)13(11(16)6-9)19-12(20)7-18-14(2)3-4-17-8-14/h5-6,17-18H,3-4,7-8H2,1-2H3,(H,19,20). The largest absolute Gasteiger partial charge is 0.323 e. The van der Waals surface area contributed by atoms with Crippen LogP contribution in [0.15, 0.2) is 21.1 Å². The minimum absolute atomic E-state index is 0.0130. The Kier molecular flexibility index (Phi) is 5.23. The normalized spacial score (nSPS) is 22.0. The number of rotatable bonds is 4. The van der Waals surface area contributed by atoms with E-state index in [2.05, 4.69) is 54.7 Å². The summed E-state index contributed by atoms with van der Waals surface area (Å²) in [5, 5.41) is 9.56. The SMILES string of the molecule is Cc1cc(Br)c(NC(=O)CNC2(C)CCNC2)c(Br)c1. The molecular weight excluding hydrogens is 386 g/mol. The van der Waals surface area contributed by atoms with Crippen LogP contribution in [-0.2, 0) is 4.79 Å². The van der Waals surface area contributed by atoms with E-state index in [1.165, 1.54) is 0 Å². The number of carbonyl (C=O) groups excluding carboxylic acids is 1. The maximum Gasteiger partial charge on any atom is 0.238 e. The number of hydrogen-bond donors (Lipinski definition) is 3. The molecule has 0 aliphatic carbocycles. The Bertz CT molecular complexity index is 490. The van der Waals surface area contributed by atoms with E-state index in [0.717, 1.165) is 39.7 Å². The molecule has 0 bridgehead atoms. The number of halogens is 2. The van der Waals surface area contributed by atoms with E-state index in [-0.39, 0.29) is 11.4 Å². The van der Waals surface area contributed by atoms with Crippen LogP contribution in [0.4, 0.5) is 5.69 Å². The zero-order valence-corrected chi connectivity index (χ0v) is 14.8. The highest BCUT2D eigenvalue weighted by Gasteiger charge is 2.28. The van der Waals surface area contributed by atoms with Crippen molar-refractivity contribution in [1.82, 2.24) is 10.6 Å². The summed E-state index contributed by atoms with van der Waals surface area (Å²) >= 11 is 6.96. The molecule has 20 heavy (non-hydrogen) atoms. The smallest absolute Gasteiger partial charge is 0.238 e. The fourth-order valence-electron chi connectivity index (χ4n) is 2.26. The quantitative estimate of drug-likeness (QED) is 0.723. The van der Waals surface area contributed by atoms with Gasteiger partial charge in [-0.15, -0.1) is 0 Å². The molecule has 1 amide bonds. The Balaban J connectivity index is 1.95. The third kappa shape index (κ3) is 4.04. The van der Waals surface area contributed by atoms with Gasteiger partial charge in [0.2, 0.25) is 5.91 Å². The molecular formula is C14H19Br2N3O. The molecule has 1 unspecified atom stereocenters. The van der Waals surface area contributed by atoms with Gasteiger partial charge in [-0.05, 0) is 76.4 Å². The molecule has 1 aliphatic heterocycles. The van der Waals surface area contributed by atoms with Crippen LogP contribution in [0, 0.1) is 6.92 Å². The monoisotopic (exact) mass is 403 g/mol. The third-order valence-electron chi connectivity index (χ3n) is 3.50. The van der Waals surface area contributed by atoms with Gasteiger partial charge in [0.25, 0.3) is 0 Å². The second-order valence-corrected chi connectivity index (χ2v) is 7.20. The number of nitrogens with one attached hydrogen (secondary N) is 3. The van der Waals surface area contributed by atoms with Gasteiger partial charge in [-0.3, -0.25) is 4.79 Å². The van der Waals surface area contributed by atoms with E-state index >= 15 is 0 Å². The minimum Gasteiger partial charge on any atom is -0.323 e. The van der Waals surface area contributed by atoms with Crippen LogP contribution in [0.3, 0.4) is 0 Å². The molecule has 1 atom stereocenters. The van der Waals surface area contributed by atoms with Gasteiger partial charge in [-0.1, -0.05) is 0 Å². The molecule has 1 saturated heterocycles. The van der Waals surface area contributed by atoms with Crippen LogP contribution in [0.2, 0.25) is 0 Å². The maximum absolute atomic E-state index is 12.1. The molecule has 1 aliphatic rings. The second kappa shape index (κ2) is 6.56. The first kappa shape index (κ1) is 15.9. The Morgan fingerprint density at radius 3 is 2.60 bits per heavy atom. The van der Waals surface area contributed by atoms with E-state index in [4.69, 9.17) is 0 Å². The first-order chi connectivity index (χ1) is 9.39. The lowest BCUT2D eigenvalue weighted by atomic mass is 10.0. The summed E-state index contributed by atoms with van der Waals surface area (Å²) in [6, 6.07) is 3.96. The predicted molar refractivity (Wildman–Crippen MR) is 89.1 cm³/mol. The molecule has 4 nitrogen and oxygen atoms in total. The number of aryl methyl sites for hydroxylation is 1. The minimum atomic E-state index is -0.0385. The van der Waals surface area contributed by atoms with Gasteiger partial charge in [0, 0.05) is 21.0 Å². The van der Waals surface area contributed by atoms with E-state index in [1.807, 2.05) is 19.1 Å². The van der Waals surface area contributed by atoms with Crippen molar-refractivity contribution in [2.75, 3.05) is 25.0 Å². The number of benzene rings is 1. The summed E-state index contributed by atoms with van der Waals surface area (Å²) in [5.74, 6) is -0.0385. The molecule has 110 valence electrons. The molecule has 0 spiro atoms. The van der Waals surface area contributed by atoms with Crippen LogP contribution in [-0.4, -0.2) is 31.1 Å². The van der Waals surface area contributed by atoms with Crippen molar-refractivity contribution < 1.29 is 4.79 Å². The Hall–Kier alpha value is -0.430. The van der Waals surface area contributed by atoms with Gasteiger partial charge in [-0.25, -0.2) is 0 Å². The summed E-state index contributed by atoms with van der Waals surface area (Å²) in [7, 11) is 0. The number of carbonyl (C=O) groups is 1. The molecule has 6 heteroatoms. The highest BCUT2D eigenvalue weighted by Crippen LogP contribution is 2.32. The van der Waals surface area contributed by atoms with Crippen LogP contribution >= 0.6 is 31.9 Å². The van der Waals surface area contributed by atoms with E-state index < -0.39 is 0 Å². The lowest BCUT2D eigenvalue weighted by Gasteiger charge is -2.24. The summed E-state index contributed by atoms with van der Waals surface area (Å²) in [6.07, 6.45) is 1.04. The zero-order chi connectivity index (χ0) is 14.8. The number of anilines is 1. The summed E-state index contributed by atoms with van der Waals surface area (Å²) < 4.78 is 1.76. The molecule has 0 saturated carbocycles. The Morgan fingerprint density at radius 2 is 2.05 bits per heavy atom. The average Bonchev–Trinajstić information content (AvgIpc) is 2.79. The summed E-state index contributed by atoms with van der Waals surface area (Å²) in [6.45, 7) is 6.36. The molecule has 2 rings (SSSR count). The van der Waals surface area contributed by atoms with Crippen LogP contribution in [0.1, 0.15) is 18.9 Å². The topological polar surface area (TPSA) is 53.2 Å². The first-order valence-corrected chi connectivity index (χ1v) is 8.19. The Morgan fingerprint density at radius 1 is 1.40 bits per heavy atom. The van der Waals surface area contributed by atoms with Crippen molar-refractivity contribution in [3.05, 3.63) is 26.6 Å². The molecule has 1 aromatic carbocycles.